The van der Waals surface area contributed by atoms with E-state index in [2.05, 4.69) is 60.3 Å². The van der Waals surface area contributed by atoms with Gasteiger partial charge in [-0.25, -0.2) is 4.98 Å². The summed E-state index contributed by atoms with van der Waals surface area (Å²) in [6.45, 7) is 14.8. The van der Waals surface area contributed by atoms with E-state index in [4.69, 9.17) is 9.40 Å². The number of rotatable bonds is 12. The van der Waals surface area contributed by atoms with E-state index in [1.54, 1.807) is 0 Å². The molecule has 6 heteroatoms. The summed E-state index contributed by atoms with van der Waals surface area (Å²) in [5.41, 5.74) is 3.52. The SMILES string of the molecule is CC(C)CCN(CCC(C)C)C(=O)c1ccc2nc(-c3cc4ccccc4o3)n(CCCN3CCCC3)c2c1. The minimum atomic E-state index is 0.119. The number of fused-ring (bicyclic) bond motifs is 2. The van der Waals surface area contributed by atoms with Gasteiger partial charge in [0.25, 0.3) is 5.91 Å². The number of para-hydroxylation sites is 1. The molecule has 0 N–H and O–H groups in total. The highest BCUT2D eigenvalue weighted by Crippen LogP contribution is 2.31. The molecule has 0 bridgehead atoms. The first kappa shape index (κ1) is 27.4. The van der Waals surface area contributed by atoms with Crippen LogP contribution in [0.2, 0.25) is 0 Å². The van der Waals surface area contributed by atoms with Gasteiger partial charge in [-0.3, -0.25) is 4.79 Å². The molecule has 0 unspecified atom stereocenters. The fourth-order valence-electron chi connectivity index (χ4n) is 5.55. The Hall–Kier alpha value is -3.12. The van der Waals surface area contributed by atoms with Crippen LogP contribution >= 0.6 is 0 Å². The molecule has 4 aromatic rings. The van der Waals surface area contributed by atoms with Crippen molar-refractivity contribution in [3.63, 3.8) is 0 Å². The molecule has 0 radical (unpaired) electrons. The Morgan fingerprint density at radius 2 is 1.67 bits per heavy atom. The maximum absolute atomic E-state index is 13.8. The molecule has 5 rings (SSSR count). The molecule has 1 saturated heterocycles. The Balaban J connectivity index is 1.48. The second-order valence-corrected chi connectivity index (χ2v) is 12.0. The van der Waals surface area contributed by atoms with Crippen LogP contribution in [0.1, 0.15) is 70.2 Å². The zero-order valence-corrected chi connectivity index (χ0v) is 24.2. The Morgan fingerprint density at radius 3 is 2.36 bits per heavy atom. The van der Waals surface area contributed by atoms with E-state index in [0.29, 0.717) is 11.8 Å². The predicted octanol–water partition coefficient (Wildman–Crippen LogP) is 7.47. The molecule has 0 spiro atoms. The second-order valence-electron chi connectivity index (χ2n) is 12.0. The highest BCUT2D eigenvalue weighted by Gasteiger charge is 2.21. The number of amides is 1. The number of imidazole rings is 1. The molecule has 39 heavy (non-hydrogen) atoms. The van der Waals surface area contributed by atoms with Gasteiger partial charge in [0.05, 0.1) is 11.0 Å². The topological polar surface area (TPSA) is 54.5 Å². The molecule has 2 aromatic carbocycles. The van der Waals surface area contributed by atoms with Gasteiger partial charge in [0.1, 0.15) is 5.58 Å². The summed E-state index contributed by atoms with van der Waals surface area (Å²) in [6.07, 6.45) is 5.65. The molecule has 208 valence electrons. The number of furan rings is 1. The summed E-state index contributed by atoms with van der Waals surface area (Å²) in [6, 6.07) is 16.2. The van der Waals surface area contributed by atoms with Crippen molar-refractivity contribution in [2.24, 2.45) is 11.8 Å². The molecule has 0 aliphatic carbocycles. The zero-order chi connectivity index (χ0) is 27.4. The summed E-state index contributed by atoms with van der Waals surface area (Å²) in [7, 11) is 0. The summed E-state index contributed by atoms with van der Waals surface area (Å²) >= 11 is 0. The van der Waals surface area contributed by atoms with E-state index < -0.39 is 0 Å². The highest BCUT2D eigenvalue weighted by molar-refractivity contribution is 5.98. The molecule has 3 heterocycles. The smallest absolute Gasteiger partial charge is 0.253 e. The van der Waals surface area contributed by atoms with Crippen molar-refractivity contribution in [2.45, 2.75) is 66.3 Å². The predicted molar refractivity (Wildman–Crippen MR) is 160 cm³/mol. The van der Waals surface area contributed by atoms with Crippen LogP contribution in [-0.2, 0) is 6.54 Å². The minimum Gasteiger partial charge on any atom is -0.453 e. The van der Waals surface area contributed by atoms with Gasteiger partial charge in [0.15, 0.2) is 11.6 Å². The van der Waals surface area contributed by atoms with E-state index in [1.165, 1.54) is 25.9 Å². The lowest BCUT2D eigenvalue weighted by molar-refractivity contribution is 0.0741. The Morgan fingerprint density at radius 1 is 0.949 bits per heavy atom. The molecule has 1 fully saturated rings. The Labute approximate surface area is 233 Å². The van der Waals surface area contributed by atoms with Gasteiger partial charge in [-0.05, 0) is 93.9 Å². The average Bonchev–Trinajstić information content (AvgIpc) is 3.66. The first-order chi connectivity index (χ1) is 18.9. The van der Waals surface area contributed by atoms with Crippen LogP contribution in [0, 0.1) is 11.8 Å². The number of carbonyl (C=O) groups excluding carboxylic acids is 1. The number of carbonyl (C=O) groups is 1. The molecular weight excluding hydrogens is 484 g/mol. The zero-order valence-electron chi connectivity index (χ0n) is 24.2. The van der Waals surface area contributed by atoms with Crippen molar-refractivity contribution in [1.82, 2.24) is 19.4 Å². The van der Waals surface area contributed by atoms with E-state index in [0.717, 1.165) is 84.6 Å². The summed E-state index contributed by atoms with van der Waals surface area (Å²) in [5.74, 6) is 2.85. The molecule has 1 amide bonds. The third-order valence-electron chi connectivity index (χ3n) is 7.94. The standard InChI is InChI=1S/C33H44N4O2/c1-24(2)14-20-36(21-15-25(3)4)33(38)27-12-13-28-29(22-27)37(19-9-18-35-16-7-8-17-35)32(34-28)31-23-26-10-5-6-11-30(26)39-31/h5-6,10-13,22-25H,7-9,14-21H2,1-4H3. The number of aryl methyl sites for hydroxylation is 1. The van der Waals surface area contributed by atoms with Gasteiger partial charge in [-0.1, -0.05) is 45.9 Å². The lowest BCUT2D eigenvalue weighted by Gasteiger charge is -2.24. The normalized spacial score (nSPS) is 14.4. The van der Waals surface area contributed by atoms with E-state index in [-0.39, 0.29) is 5.91 Å². The molecular formula is C33H44N4O2. The quantitative estimate of drug-likeness (QED) is 0.191. The largest absolute Gasteiger partial charge is 0.453 e. The first-order valence-electron chi connectivity index (χ1n) is 14.9. The molecule has 0 saturated carbocycles. The van der Waals surface area contributed by atoms with Crippen LogP contribution in [0.5, 0.6) is 0 Å². The van der Waals surface area contributed by atoms with E-state index in [9.17, 15) is 4.79 Å². The second kappa shape index (κ2) is 12.4. The van der Waals surface area contributed by atoms with Crippen molar-refractivity contribution in [1.29, 1.82) is 0 Å². The third kappa shape index (κ3) is 6.55. The van der Waals surface area contributed by atoms with Crippen LogP contribution < -0.4 is 0 Å². The van der Waals surface area contributed by atoms with Gasteiger partial charge in [0.2, 0.25) is 0 Å². The lowest BCUT2D eigenvalue weighted by atomic mass is 10.1. The average molecular weight is 529 g/mol. The summed E-state index contributed by atoms with van der Waals surface area (Å²) < 4.78 is 8.53. The lowest BCUT2D eigenvalue weighted by Crippen LogP contribution is -2.34. The van der Waals surface area contributed by atoms with Gasteiger partial charge in [-0.2, -0.15) is 0 Å². The molecule has 1 aliphatic heterocycles. The molecule has 2 aromatic heterocycles. The van der Waals surface area contributed by atoms with Crippen molar-refractivity contribution in [3.8, 4) is 11.6 Å². The van der Waals surface area contributed by atoms with E-state index >= 15 is 0 Å². The van der Waals surface area contributed by atoms with E-state index in [1.807, 2.05) is 30.3 Å². The maximum atomic E-state index is 13.8. The van der Waals surface area contributed by atoms with Gasteiger partial charge < -0.3 is 18.8 Å². The van der Waals surface area contributed by atoms with Crippen LogP contribution in [-0.4, -0.2) is 58.0 Å². The van der Waals surface area contributed by atoms with Gasteiger partial charge >= 0.3 is 0 Å². The van der Waals surface area contributed by atoms with Crippen LogP contribution in [0.25, 0.3) is 33.6 Å². The number of likely N-dealkylation sites (tertiary alicyclic amines) is 1. The molecule has 1 aliphatic rings. The number of aromatic nitrogens is 2. The summed E-state index contributed by atoms with van der Waals surface area (Å²) in [5, 5.41) is 1.07. The summed E-state index contributed by atoms with van der Waals surface area (Å²) in [4.78, 5) is 23.4. The fourth-order valence-corrected chi connectivity index (χ4v) is 5.55. The number of benzene rings is 2. The van der Waals surface area contributed by atoms with Crippen LogP contribution in [0.3, 0.4) is 0 Å². The number of hydrogen-bond acceptors (Lipinski definition) is 4. The van der Waals surface area contributed by atoms with Crippen LogP contribution in [0.15, 0.2) is 52.9 Å². The van der Waals surface area contributed by atoms with Crippen molar-refractivity contribution < 1.29 is 9.21 Å². The van der Waals surface area contributed by atoms with Crippen molar-refractivity contribution >= 4 is 27.9 Å². The van der Waals surface area contributed by atoms with Gasteiger partial charge in [0, 0.05) is 30.6 Å². The fraction of sp³-hybridized carbons (Fsp3) is 0.515. The van der Waals surface area contributed by atoms with Crippen LogP contribution in [0.4, 0.5) is 0 Å². The Kier molecular flexibility index (Phi) is 8.71. The molecule has 0 atom stereocenters. The molecule has 6 nitrogen and oxygen atoms in total. The maximum Gasteiger partial charge on any atom is 0.253 e. The minimum absolute atomic E-state index is 0.119. The Bertz CT molecular complexity index is 1350. The number of hydrogen-bond donors (Lipinski definition) is 0. The highest BCUT2D eigenvalue weighted by atomic mass is 16.3. The first-order valence-corrected chi connectivity index (χ1v) is 14.9. The van der Waals surface area contributed by atoms with Crippen molar-refractivity contribution in [2.75, 3.05) is 32.7 Å². The monoisotopic (exact) mass is 528 g/mol. The van der Waals surface area contributed by atoms with Gasteiger partial charge in [-0.15, -0.1) is 0 Å². The van der Waals surface area contributed by atoms with Crippen molar-refractivity contribution in [3.05, 3.63) is 54.1 Å². The third-order valence-corrected chi connectivity index (χ3v) is 7.94. The number of nitrogens with zero attached hydrogens (tertiary/aromatic N) is 4.